The highest BCUT2D eigenvalue weighted by Gasteiger charge is 2.17. The maximum atomic E-state index is 12.8. The van der Waals surface area contributed by atoms with Crippen molar-refractivity contribution in [2.75, 3.05) is 35.6 Å². The Balaban J connectivity index is 1.55. The average Bonchev–Trinajstić information content (AvgIpc) is 3.07. The molecule has 7 nitrogen and oxygen atoms in total. The summed E-state index contributed by atoms with van der Waals surface area (Å²) in [5.74, 6) is -0.270. The van der Waals surface area contributed by atoms with Crippen molar-refractivity contribution in [1.29, 1.82) is 0 Å². The fourth-order valence-corrected chi connectivity index (χ4v) is 3.53. The summed E-state index contributed by atoms with van der Waals surface area (Å²) in [6.45, 7) is 3.43. The van der Waals surface area contributed by atoms with Gasteiger partial charge in [0.05, 0.1) is 6.54 Å². The van der Waals surface area contributed by atoms with Crippen molar-refractivity contribution in [2.45, 2.75) is 39.0 Å². The van der Waals surface area contributed by atoms with Crippen molar-refractivity contribution < 1.29 is 14.4 Å². The Hall–Kier alpha value is -3.35. The van der Waals surface area contributed by atoms with Crippen molar-refractivity contribution in [3.8, 4) is 0 Å². The SMILES string of the molecule is CCC(=O)Nc1cccc(NCC(=O)Nc2cccc(C(=O)N3CCCCCC3)c2)c1. The molecule has 0 aromatic heterocycles. The van der Waals surface area contributed by atoms with Gasteiger partial charge in [0.15, 0.2) is 0 Å². The minimum Gasteiger partial charge on any atom is -0.376 e. The molecule has 3 amide bonds. The highest BCUT2D eigenvalue weighted by molar-refractivity contribution is 5.98. The Morgan fingerprint density at radius 1 is 0.806 bits per heavy atom. The first-order valence-electron chi connectivity index (χ1n) is 10.9. The van der Waals surface area contributed by atoms with Crippen molar-refractivity contribution in [2.24, 2.45) is 0 Å². The monoisotopic (exact) mass is 422 g/mol. The summed E-state index contributed by atoms with van der Waals surface area (Å²) in [6.07, 6.45) is 4.81. The molecule has 2 aromatic rings. The summed E-state index contributed by atoms with van der Waals surface area (Å²) in [4.78, 5) is 38.6. The van der Waals surface area contributed by atoms with E-state index in [-0.39, 0.29) is 24.3 Å². The Kier molecular flexibility index (Phi) is 8.04. The van der Waals surface area contributed by atoms with Crippen LogP contribution >= 0.6 is 0 Å². The van der Waals surface area contributed by atoms with Gasteiger partial charge in [0.1, 0.15) is 0 Å². The topological polar surface area (TPSA) is 90.5 Å². The van der Waals surface area contributed by atoms with Crippen LogP contribution in [0.15, 0.2) is 48.5 Å². The molecule has 31 heavy (non-hydrogen) atoms. The van der Waals surface area contributed by atoms with Crippen LogP contribution in [0.3, 0.4) is 0 Å². The Morgan fingerprint density at radius 2 is 1.42 bits per heavy atom. The third-order valence-corrected chi connectivity index (χ3v) is 5.21. The van der Waals surface area contributed by atoms with Gasteiger partial charge < -0.3 is 20.9 Å². The van der Waals surface area contributed by atoms with E-state index in [1.54, 1.807) is 43.3 Å². The molecule has 1 aliphatic heterocycles. The molecule has 164 valence electrons. The molecule has 1 fully saturated rings. The van der Waals surface area contributed by atoms with Crippen molar-refractivity contribution >= 4 is 34.8 Å². The first kappa shape index (κ1) is 22.3. The van der Waals surface area contributed by atoms with Gasteiger partial charge in [-0.25, -0.2) is 0 Å². The molecule has 1 heterocycles. The molecule has 0 saturated carbocycles. The summed E-state index contributed by atoms with van der Waals surface area (Å²) in [6, 6.07) is 14.3. The number of hydrogen-bond donors (Lipinski definition) is 3. The van der Waals surface area contributed by atoms with Gasteiger partial charge in [0.2, 0.25) is 11.8 Å². The molecule has 7 heteroatoms. The zero-order chi connectivity index (χ0) is 22.1. The van der Waals surface area contributed by atoms with Crippen LogP contribution in [0, 0.1) is 0 Å². The summed E-state index contributed by atoms with van der Waals surface area (Å²) < 4.78 is 0. The van der Waals surface area contributed by atoms with Gasteiger partial charge in [-0.3, -0.25) is 14.4 Å². The minimum absolute atomic E-state index is 0.0158. The molecule has 0 atom stereocenters. The van der Waals surface area contributed by atoms with E-state index in [1.165, 1.54) is 12.8 Å². The molecule has 0 spiro atoms. The van der Waals surface area contributed by atoms with Crippen LogP contribution < -0.4 is 16.0 Å². The van der Waals surface area contributed by atoms with Gasteiger partial charge in [-0.1, -0.05) is 31.9 Å². The van der Waals surface area contributed by atoms with Crippen molar-refractivity contribution in [3.63, 3.8) is 0 Å². The molecule has 0 aliphatic carbocycles. The lowest BCUT2D eigenvalue weighted by atomic mass is 10.1. The predicted octanol–water partition coefficient (Wildman–Crippen LogP) is 4.10. The molecule has 0 radical (unpaired) electrons. The van der Waals surface area contributed by atoms with E-state index in [9.17, 15) is 14.4 Å². The van der Waals surface area contributed by atoms with Crippen LogP contribution in [0.2, 0.25) is 0 Å². The molecular formula is C24H30N4O3. The lowest BCUT2D eigenvalue weighted by Crippen LogP contribution is -2.31. The summed E-state index contributed by atoms with van der Waals surface area (Å²) in [5.41, 5.74) is 2.59. The number of rotatable bonds is 7. The van der Waals surface area contributed by atoms with E-state index in [0.717, 1.165) is 31.6 Å². The first-order chi connectivity index (χ1) is 15.0. The maximum Gasteiger partial charge on any atom is 0.253 e. The van der Waals surface area contributed by atoms with Crippen LogP contribution in [-0.4, -0.2) is 42.3 Å². The van der Waals surface area contributed by atoms with Crippen molar-refractivity contribution in [1.82, 2.24) is 4.90 Å². The zero-order valence-corrected chi connectivity index (χ0v) is 17.9. The number of nitrogens with one attached hydrogen (secondary N) is 3. The number of anilines is 3. The molecule has 1 aliphatic rings. The number of nitrogens with zero attached hydrogens (tertiary/aromatic N) is 1. The zero-order valence-electron chi connectivity index (χ0n) is 17.9. The van der Waals surface area contributed by atoms with Gasteiger partial charge in [0.25, 0.3) is 5.91 Å². The number of carbonyl (C=O) groups is 3. The molecule has 3 N–H and O–H groups in total. The third-order valence-electron chi connectivity index (χ3n) is 5.21. The number of amides is 3. The molecule has 1 saturated heterocycles. The number of carbonyl (C=O) groups excluding carboxylic acids is 3. The van der Waals surface area contributed by atoms with Crippen LogP contribution in [0.4, 0.5) is 17.1 Å². The number of hydrogen-bond acceptors (Lipinski definition) is 4. The van der Waals surface area contributed by atoms with Gasteiger partial charge >= 0.3 is 0 Å². The number of likely N-dealkylation sites (tertiary alicyclic amines) is 1. The maximum absolute atomic E-state index is 12.8. The van der Waals surface area contributed by atoms with E-state index in [4.69, 9.17) is 0 Å². The predicted molar refractivity (Wildman–Crippen MR) is 123 cm³/mol. The lowest BCUT2D eigenvalue weighted by molar-refractivity contribution is -0.116. The molecule has 2 aromatic carbocycles. The quantitative estimate of drug-likeness (QED) is 0.627. The molecule has 0 unspecified atom stereocenters. The summed E-state index contributed by atoms with van der Waals surface area (Å²) in [7, 11) is 0. The fraction of sp³-hybridized carbons (Fsp3) is 0.375. The summed E-state index contributed by atoms with van der Waals surface area (Å²) in [5, 5.41) is 8.68. The van der Waals surface area contributed by atoms with Gasteiger partial charge in [-0.05, 0) is 49.2 Å². The first-order valence-corrected chi connectivity index (χ1v) is 10.9. The highest BCUT2D eigenvalue weighted by atomic mass is 16.2. The Morgan fingerprint density at radius 3 is 2.13 bits per heavy atom. The van der Waals surface area contributed by atoms with Crippen LogP contribution in [-0.2, 0) is 9.59 Å². The van der Waals surface area contributed by atoms with Gasteiger partial charge in [-0.15, -0.1) is 0 Å². The molecule has 3 rings (SSSR count). The van der Waals surface area contributed by atoms with Crippen molar-refractivity contribution in [3.05, 3.63) is 54.1 Å². The van der Waals surface area contributed by atoms with Crippen LogP contribution in [0.5, 0.6) is 0 Å². The van der Waals surface area contributed by atoms with E-state index in [2.05, 4.69) is 16.0 Å². The van der Waals surface area contributed by atoms with E-state index >= 15 is 0 Å². The van der Waals surface area contributed by atoms with Crippen LogP contribution in [0.25, 0.3) is 0 Å². The van der Waals surface area contributed by atoms with Gasteiger partial charge in [0, 0.05) is 42.1 Å². The standard InChI is InChI=1S/C24H30N4O3/c1-2-22(29)26-21-12-8-10-19(16-21)25-17-23(30)27-20-11-7-9-18(15-20)24(31)28-13-5-3-4-6-14-28/h7-12,15-16,25H,2-6,13-14,17H2,1H3,(H,26,29)(H,27,30). The minimum atomic E-state index is -0.220. The van der Waals surface area contributed by atoms with Crippen LogP contribution in [0.1, 0.15) is 49.4 Å². The second-order valence-electron chi connectivity index (χ2n) is 7.67. The number of benzene rings is 2. The van der Waals surface area contributed by atoms with E-state index < -0.39 is 0 Å². The highest BCUT2D eigenvalue weighted by Crippen LogP contribution is 2.17. The lowest BCUT2D eigenvalue weighted by Gasteiger charge is -2.20. The second kappa shape index (κ2) is 11.2. The van der Waals surface area contributed by atoms with E-state index in [0.29, 0.717) is 23.4 Å². The Labute approximate surface area is 183 Å². The van der Waals surface area contributed by atoms with E-state index in [1.807, 2.05) is 17.0 Å². The third kappa shape index (κ3) is 6.84. The average molecular weight is 423 g/mol. The van der Waals surface area contributed by atoms with Gasteiger partial charge in [-0.2, -0.15) is 0 Å². The Bertz CT molecular complexity index is 921. The normalized spacial score (nSPS) is 13.8. The molecule has 0 bridgehead atoms. The fourth-order valence-electron chi connectivity index (χ4n) is 3.53. The molecular weight excluding hydrogens is 392 g/mol. The largest absolute Gasteiger partial charge is 0.376 e. The smallest absolute Gasteiger partial charge is 0.253 e. The second-order valence-corrected chi connectivity index (χ2v) is 7.67. The summed E-state index contributed by atoms with van der Waals surface area (Å²) >= 11 is 0.